The number of methoxy groups -OCH3 is 1. The fourth-order valence-electron chi connectivity index (χ4n) is 2.65. The van der Waals surface area contributed by atoms with Crippen LogP contribution in [0.4, 0.5) is 0 Å². The topological polar surface area (TPSA) is 30.5 Å². The summed E-state index contributed by atoms with van der Waals surface area (Å²) < 4.78 is 10.6. The van der Waals surface area contributed by atoms with Crippen LogP contribution in [0.2, 0.25) is 5.02 Å². The van der Waals surface area contributed by atoms with Crippen LogP contribution in [0.3, 0.4) is 0 Å². The van der Waals surface area contributed by atoms with Crippen molar-refractivity contribution in [3.63, 3.8) is 0 Å². The number of nitrogens with one attached hydrogen (secondary N) is 1. The number of ether oxygens (including phenoxy) is 2. The maximum atomic E-state index is 6.14. The predicted octanol–water partition coefficient (Wildman–Crippen LogP) is 2.62. The predicted molar refractivity (Wildman–Crippen MR) is 77.9 cm³/mol. The summed E-state index contributed by atoms with van der Waals surface area (Å²) in [6.07, 6.45) is 2.07. The summed E-state index contributed by atoms with van der Waals surface area (Å²) >= 11 is 6.14. The SMILES string of the molecule is COCCNCC1(c2cccc(Cl)c2)CCOCC1. The van der Waals surface area contributed by atoms with E-state index in [-0.39, 0.29) is 5.41 Å². The van der Waals surface area contributed by atoms with Crippen LogP contribution in [0, 0.1) is 0 Å². The standard InChI is InChI=1S/C15H22ClNO2/c1-18-10-7-17-12-15(5-8-19-9-6-15)13-3-2-4-14(16)11-13/h2-4,11,17H,5-10,12H2,1H3. The van der Waals surface area contributed by atoms with E-state index in [0.717, 1.165) is 50.8 Å². The number of halogens is 1. The Bertz CT molecular complexity index is 391. The third-order valence-electron chi connectivity index (χ3n) is 3.83. The second kappa shape index (κ2) is 7.25. The Morgan fingerprint density at radius 1 is 1.37 bits per heavy atom. The quantitative estimate of drug-likeness (QED) is 0.814. The average Bonchev–Trinajstić information content (AvgIpc) is 2.45. The van der Waals surface area contributed by atoms with E-state index in [9.17, 15) is 0 Å². The molecule has 0 amide bonds. The lowest BCUT2D eigenvalue weighted by molar-refractivity contribution is 0.0493. The van der Waals surface area contributed by atoms with Gasteiger partial charge in [0.05, 0.1) is 6.61 Å². The zero-order chi connectivity index (χ0) is 13.6. The van der Waals surface area contributed by atoms with Gasteiger partial charge in [-0.25, -0.2) is 0 Å². The molecule has 0 bridgehead atoms. The Hall–Kier alpha value is -0.610. The molecular formula is C15H22ClNO2. The first-order valence-corrected chi connectivity index (χ1v) is 7.18. The fourth-order valence-corrected chi connectivity index (χ4v) is 2.84. The first-order chi connectivity index (χ1) is 9.27. The Labute approximate surface area is 120 Å². The number of hydrogen-bond acceptors (Lipinski definition) is 3. The maximum Gasteiger partial charge on any atom is 0.0587 e. The number of rotatable bonds is 6. The number of benzene rings is 1. The van der Waals surface area contributed by atoms with Crippen LogP contribution < -0.4 is 5.32 Å². The maximum absolute atomic E-state index is 6.14. The largest absolute Gasteiger partial charge is 0.383 e. The van der Waals surface area contributed by atoms with Gasteiger partial charge in [-0.15, -0.1) is 0 Å². The molecule has 4 heteroatoms. The molecule has 106 valence electrons. The van der Waals surface area contributed by atoms with Gasteiger partial charge in [0.1, 0.15) is 0 Å². The third-order valence-corrected chi connectivity index (χ3v) is 4.07. The van der Waals surface area contributed by atoms with Crippen LogP contribution in [0.5, 0.6) is 0 Å². The zero-order valence-corrected chi connectivity index (χ0v) is 12.2. The lowest BCUT2D eigenvalue weighted by atomic mass is 9.74. The summed E-state index contributed by atoms with van der Waals surface area (Å²) in [7, 11) is 1.73. The molecule has 0 aliphatic carbocycles. The molecule has 1 aliphatic heterocycles. The summed E-state index contributed by atoms with van der Waals surface area (Å²) in [5.74, 6) is 0. The average molecular weight is 284 g/mol. The summed E-state index contributed by atoms with van der Waals surface area (Å²) in [5.41, 5.74) is 1.45. The Kier molecular flexibility index (Phi) is 5.64. The van der Waals surface area contributed by atoms with Gasteiger partial charge in [0.25, 0.3) is 0 Å². The molecule has 1 N–H and O–H groups in total. The minimum absolute atomic E-state index is 0.136. The van der Waals surface area contributed by atoms with E-state index in [4.69, 9.17) is 21.1 Å². The van der Waals surface area contributed by atoms with Crippen molar-refractivity contribution in [3.05, 3.63) is 34.9 Å². The summed E-state index contributed by atoms with van der Waals surface area (Å²) in [6.45, 7) is 4.19. The molecule has 3 nitrogen and oxygen atoms in total. The van der Waals surface area contributed by atoms with Gasteiger partial charge in [0.15, 0.2) is 0 Å². The van der Waals surface area contributed by atoms with E-state index in [2.05, 4.69) is 17.4 Å². The fraction of sp³-hybridized carbons (Fsp3) is 0.600. The smallest absolute Gasteiger partial charge is 0.0587 e. The van der Waals surface area contributed by atoms with Crippen molar-refractivity contribution < 1.29 is 9.47 Å². The van der Waals surface area contributed by atoms with Gasteiger partial charge < -0.3 is 14.8 Å². The molecule has 19 heavy (non-hydrogen) atoms. The van der Waals surface area contributed by atoms with Crippen molar-refractivity contribution >= 4 is 11.6 Å². The van der Waals surface area contributed by atoms with Crippen LogP contribution >= 0.6 is 11.6 Å². The van der Waals surface area contributed by atoms with E-state index < -0.39 is 0 Å². The van der Waals surface area contributed by atoms with Crippen molar-refractivity contribution in [3.8, 4) is 0 Å². The summed E-state index contributed by atoms with van der Waals surface area (Å²) in [6, 6.07) is 8.22. The highest BCUT2D eigenvalue weighted by molar-refractivity contribution is 6.30. The molecule has 1 saturated heterocycles. The summed E-state index contributed by atoms with van der Waals surface area (Å²) in [5, 5.41) is 4.30. The van der Waals surface area contributed by atoms with E-state index in [0.29, 0.717) is 0 Å². The van der Waals surface area contributed by atoms with Crippen molar-refractivity contribution in [2.24, 2.45) is 0 Å². The van der Waals surface area contributed by atoms with Gasteiger partial charge in [-0.05, 0) is 30.5 Å². The van der Waals surface area contributed by atoms with E-state index >= 15 is 0 Å². The van der Waals surface area contributed by atoms with Gasteiger partial charge in [-0.3, -0.25) is 0 Å². The van der Waals surface area contributed by atoms with Crippen LogP contribution in [0.1, 0.15) is 18.4 Å². The van der Waals surface area contributed by atoms with E-state index in [1.165, 1.54) is 5.56 Å². The Morgan fingerprint density at radius 3 is 2.84 bits per heavy atom. The minimum atomic E-state index is 0.136. The highest BCUT2D eigenvalue weighted by atomic mass is 35.5. The third kappa shape index (κ3) is 3.93. The number of hydrogen-bond donors (Lipinski definition) is 1. The molecule has 0 spiro atoms. The monoisotopic (exact) mass is 283 g/mol. The first kappa shape index (κ1) is 14.8. The Balaban J connectivity index is 2.09. The lowest BCUT2D eigenvalue weighted by Crippen LogP contribution is -2.43. The molecule has 1 aromatic rings. The van der Waals surface area contributed by atoms with Gasteiger partial charge in [0, 0.05) is 43.9 Å². The summed E-state index contributed by atoms with van der Waals surface area (Å²) in [4.78, 5) is 0. The molecule has 1 aliphatic rings. The highest BCUT2D eigenvalue weighted by Crippen LogP contribution is 2.35. The van der Waals surface area contributed by atoms with E-state index in [1.54, 1.807) is 7.11 Å². The normalized spacial score (nSPS) is 18.4. The molecule has 0 saturated carbocycles. The molecule has 0 atom stereocenters. The molecular weight excluding hydrogens is 262 g/mol. The molecule has 2 rings (SSSR count). The molecule has 1 aromatic carbocycles. The molecule has 1 heterocycles. The molecule has 0 unspecified atom stereocenters. The van der Waals surface area contributed by atoms with Gasteiger partial charge >= 0.3 is 0 Å². The van der Waals surface area contributed by atoms with Crippen molar-refractivity contribution in [1.29, 1.82) is 0 Å². The van der Waals surface area contributed by atoms with Crippen LogP contribution in [-0.4, -0.2) is 40.0 Å². The van der Waals surface area contributed by atoms with Crippen molar-refractivity contribution in [2.45, 2.75) is 18.3 Å². The minimum Gasteiger partial charge on any atom is -0.383 e. The molecule has 0 aromatic heterocycles. The zero-order valence-electron chi connectivity index (χ0n) is 11.5. The van der Waals surface area contributed by atoms with Gasteiger partial charge in [0.2, 0.25) is 0 Å². The van der Waals surface area contributed by atoms with E-state index in [1.807, 2.05) is 12.1 Å². The second-order valence-corrected chi connectivity index (χ2v) is 5.51. The van der Waals surface area contributed by atoms with Gasteiger partial charge in [-0.1, -0.05) is 23.7 Å². The second-order valence-electron chi connectivity index (χ2n) is 5.07. The molecule has 0 radical (unpaired) electrons. The highest BCUT2D eigenvalue weighted by Gasteiger charge is 2.34. The lowest BCUT2D eigenvalue weighted by Gasteiger charge is -2.38. The van der Waals surface area contributed by atoms with Crippen LogP contribution in [0.15, 0.2) is 24.3 Å². The Morgan fingerprint density at radius 2 is 2.16 bits per heavy atom. The molecule has 1 fully saturated rings. The first-order valence-electron chi connectivity index (χ1n) is 6.80. The van der Waals surface area contributed by atoms with Gasteiger partial charge in [-0.2, -0.15) is 0 Å². The van der Waals surface area contributed by atoms with Crippen molar-refractivity contribution in [2.75, 3.05) is 40.0 Å². The van der Waals surface area contributed by atoms with Crippen LogP contribution in [0.25, 0.3) is 0 Å². The van der Waals surface area contributed by atoms with Crippen LogP contribution in [-0.2, 0) is 14.9 Å². The van der Waals surface area contributed by atoms with Crippen molar-refractivity contribution in [1.82, 2.24) is 5.32 Å².